The van der Waals surface area contributed by atoms with Gasteiger partial charge in [0.15, 0.2) is 0 Å². The van der Waals surface area contributed by atoms with E-state index in [9.17, 15) is 20.2 Å². The van der Waals surface area contributed by atoms with Crippen molar-refractivity contribution in [1.29, 1.82) is 0 Å². The molecule has 0 saturated heterocycles. The highest BCUT2D eigenvalue weighted by Gasteiger charge is 2.22. The Kier molecular flexibility index (Phi) is 4.07. The van der Waals surface area contributed by atoms with Gasteiger partial charge in [-0.3, -0.25) is 20.2 Å². The number of hydrogen-bond acceptors (Lipinski definition) is 6. The molecular formula is C13H12N4O4. The maximum Gasteiger partial charge on any atom is 0.318 e. The number of anilines is 1. The summed E-state index contributed by atoms with van der Waals surface area (Å²) in [4.78, 5) is 24.1. The van der Waals surface area contributed by atoms with E-state index in [2.05, 4.69) is 10.3 Å². The number of nitrogens with one attached hydrogen (secondary N) is 1. The Labute approximate surface area is 119 Å². The summed E-state index contributed by atoms with van der Waals surface area (Å²) in [7, 11) is 0. The van der Waals surface area contributed by atoms with Gasteiger partial charge in [0.05, 0.1) is 22.0 Å². The zero-order chi connectivity index (χ0) is 15.4. The summed E-state index contributed by atoms with van der Waals surface area (Å²) in [5, 5.41) is 24.6. The van der Waals surface area contributed by atoms with Crippen LogP contribution in [0.3, 0.4) is 0 Å². The second kappa shape index (κ2) is 5.95. The van der Waals surface area contributed by atoms with E-state index >= 15 is 0 Å². The molecule has 1 N–H and O–H groups in total. The SMILES string of the molecule is CC(Nc1ncc([N+](=O)[O-])cc1[N+](=O)[O-])c1ccccc1. The number of benzene rings is 1. The highest BCUT2D eigenvalue weighted by molar-refractivity contribution is 5.60. The summed E-state index contributed by atoms with van der Waals surface area (Å²) in [6, 6.07) is 9.98. The maximum absolute atomic E-state index is 11.0. The van der Waals surface area contributed by atoms with Gasteiger partial charge in [-0.1, -0.05) is 30.3 Å². The fraction of sp³-hybridized carbons (Fsp3) is 0.154. The molecule has 0 amide bonds. The second-order valence-corrected chi connectivity index (χ2v) is 4.35. The smallest absolute Gasteiger partial charge is 0.318 e. The van der Waals surface area contributed by atoms with Crippen LogP contribution in [0.5, 0.6) is 0 Å². The Morgan fingerprint density at radius 3 is 2.38 bits per heavy atom. The minimum absolute atomic E-state index is 0.00181. The lowest BCUT2D eigenvalue weighted by atomic mass is 10.1. The third-order valence-corrected chi connectivity index (χ3v) is 2.91. The Morgan fingerprint density at radius 1 is 1.14 bits per heavy atom. The Bertz CT molecular complexity index is 675. The molecule has 1 aromatic heterocycles. The molecule has 21 heavy (non-hydrogen) atoms. The van der Waals surface area contributed by atoms with Gasteiger partial charge in [0.1, 0.15) is 6.20 Å². The topological polar surface area (TPSA) is 111 Å². The van der Waals surface area contributed by atoms with E-state index in [0.29, 0.717) is 0 Å². The fourth-order valence-electron chi connectivity index (χ4n) is 1.82. The predicted molar refractivity (Wildman–Crippen MR) is 76.0 cm³/mol. The van der Waals surface area contributed by atoms with Gasteiger partial charge in [-0.05, 0) is 12.5 Å². The molecule has 1 heterocycles. The average Bonchev–Trinajstić information content (AvgIpc) is 2.48. The first-order chi connectivity index (χ1) is 9.99. The van der Waals surface area contributed by atoms with Crippen LogP contribution in [-0.4, -0.2) is 14.8 Å². The molecule has 0 radical (unpaired) electrons. The van der Waals surface area contributed by atoms with Crippen molar-refractivity contribution < 1.29 is 9.85 Å². The highest BCUT2D eigenvalue weighted by Crippen LogP contribution is 2.29. The molecule has 2 rings (SSSR count). The van der Waals surface area contributed by atoms with Crippen molar-refractivity contribution in [2.45, 2.75) is 13.0 Å². The Balaban J connectivity index is 2.31. The highest BCUT2D eigenvalue weighted by atomic mass is 16.6. The molecule has 2 aromatic rings. The van der Waals surface area contributed by atoms with Crippen LogP contribution in [0.2, 0.25) is 0 Å². The van der Waals surface area contributed by atoms with Crippen LogP contribution in [0, 0.1) is 20.2 Å². The lowest BCUT2D eigenvalue weighted by Gasteiger charge is -2.14. The van der Waals surface area contributed by atoms with E-state index in [1.807, 2.05) is 37.3 Å². The summed E-state index contributed by atoms with van der Waals surface area (Å²) in [6.07, 6.45) is 0.993. The quantitative estimate of drug-likeness (QED) is 0.668. The van der Waals surface area contributed by atoms with Gasteiger partial charge in [-0.2, -0.15) is 0 Å². The number of rotatable bonds is 5. The van der Waals surface area contributed by atoms with Gasteiger partial charge in [-0.25, -0.2) is 4.98 Å². The number of nitrogens with zero attached hydrogens (tertiary/aromatic N) is 3. The fourth-order valence-corrected chi connectivity index (χ4v) is 1.82. The summed E-state index contributed by atoms with van der Waals surface area (Å²) >= 11 is 0. The average molecular weight is 288 g/mol. The van der Waals surface area contributed by atoms with Crippen molar-refractivity contribution >= 4 is 17.2 Å². The molecule has 0 aliphatic heterocycles. The van der Waals surface area contributed by atoms with Gasteiger partial charge < -0.3 is 5.32 Å². The van der Waals surface area contributed by atoms with Crippen molar-refractivity contribution in [3.8, 4) is 0 Å². The van der Waals surface area contributed by atoms with E-state index in [4.69, 9.17) is 0 Å². The van der Waals surface area contributed by atoms with Crippen LogP contribution < -0.4 is 5.32 Å². The molecule has 0 spiro atoms. The van der Waals surface area contributed by atoms with Crippen molar-refractivity contribution in [2.75, 3.05) is 5.32 Å². The third kappa shape index (κ3) is 3.30. The van der Waals surface area contributed by atoms with Crippen molar-refractivity contribution in [2.24, 2.45) is 0 Å². The van der Waals surface area contributed by atoms with E-state index in [-0.39, 0.29) is 11.9 Å². The summed E-state index contributed by atoms with van der Waals surface area (Å²) < 4.78 is 0. The van der Waals surface area contributed by atoms with Gasteiger partial charge in [-0.15, -0.1) is 0 Å². The van der Waals surface area contributed by atoms with E-state index in [1.165, 1.54) is 0 Å². The van der Waals surface area contributed by atoms with Crippen molar-refractivity contribution in [1.82, 2.24) is 4.98 Å². The van der Waals surface area contributed by atoms with Crippen molar-refractivity contribution in [3.63, 3.8) is 0 Å². The van der Waals surface area contributed by atoms with Crippen LogP contribution in [0.4, 0.5) is 17.2 Å². The molecule has 8 heteroatoms. The van der Waals surface area contributed by atoms with Crippen LogP contribution >= 0.6 is 0 Å². The molecule has 1 aromatic carbocycles. The summed E-state index contributed by atoms with van der Waals surface area (Å²) in [5.74, 6) is 0.00181. The minimum Gasteiger partial charge on any atom is -0.358 e. The number of hydrogen-bond donors (Lipinski definition) is 1. The molecule has 0 aliphatic rings. The van der Waals surface area contributed by atoms with Gasteiger partial charge >= 0.3 is 5.69 Å². The first kappa shape index (κ1) is 14.4. The normalized spacial score (nSPS) is 11.7. The van der Waals surface area contributed by atoms with Crippen LogP contribution in [0.25, 0.3) is 0 Å². The molecule has 0 aliphatic carbocycles. The van der Waals surface area contributed by atoms with Crippen LogP contribution in [0.15, 0.2) is 42.6 Å². The zero-order valence-electron chi connectivity index (χ0n) is 11.1. The number of pyridine rings is 1. The molecule has 0 fully saturated rings. The zero-order valence-corrected chi connectivity index (χ0v) is 11.1. The minimum atomic E-state index is -0.718. The van der Waals surface area contributed by atoms with Gasteiger partial charge in [0.2, 0.25) is 5.82 Å². The van der Waals surface area contributed by atoms with Crippen molar-refractivity contribution in [3.05, 3.63) is 68.4 Å². The van der Waals surface area contributed by atoms with Gasteiger partial charge in [0, 0.05) is 0 Å². The first-order valence-electron chi connectivity index (χ1n) is 6.09. The molecular weight excluding hydrogens is 276 g/mol. The van der Waals surface area contributed by atoms with E-state index in [1.54, 1.807) is 0 Å². The van der Waals surface area contributed by atoms with E-state index in [0.717, 1.165) is 17.8 Å². The number of nitro groups is 2. The lowest BCUT2D eigenvalue weighted by molar-refractivity contribution is -0.394. The molecule has 1 unspecified atom stereocenters. The number of aromatic nitrogens is 1. The Morgan fingerprint density at radius 2 is 1.81 bits per heavy atom. The maximum atomic E-state index is 11.0. The van der Waals surface area contributed by atoms with Crippen LogP contribution in [-0.2, 0) is 0 Å². The van der Waals surface area contributed by atoms with Crippen LogP contribution in [0.1, 0.15) is 18.5 Å². The molecule has 0 bridgehead atoms. The lowest BCUT2D eigenvalue weighted by Crippen LogP contribution is -2.10. The standard InChI is InChI=1S/C13H12N4O4/c1-9(10-5-3-2-4-6-10)15-13-12(17(20)21)7-11(8-14-13)16(18)19/h2-9H,1H3,(H,14,15). The second-order valence-electron chi connectivity index (χ2n) is 4.35. The van der Waals surface area contributed by atoms with E-state index < -0.39 is 21.2 Å². The first-order valence-corrected chi connectivity index (χ1v) is 6.09. The third-order valence-electron chi connectivity index (χ3n) is 2.91. The Hall–Kier alpha value is -3.03. The largest absolute Gasteiger partial charge is 0.358 e. The monoisotopic (exact) mass is 288 g/mol. The molecule has 108 valence electrons. The molecule has 1 atom stereocenters. The summed E-state index contributed by atoms with van der Waals surface area (Å²) in [6.45, 7) is 1.82. The molecule has 8 nitrogen and oxygen atoms in total. The van der Waals surface area contributed by atoms with Gasteiger partial charge in [0.25, 0.3) is 5.69 Å². The summed E-state index contributed by atoms with van der Waals surface area (Å²) in [5.41, 5.74) is 0.0820. The predicted octanol–water partition coefficient (Wildman–Crippen LogP) is 3.07. The molecule has 0 saturated carbocycles.